The van der Waals surface area contributed by atoms with Crippen molar-refractivity contribution in [2.45, 2.75) is 12.8 Å². The van der Waals surface area contributed by atoms with Crippen LogP contribution in [0.5, 0.6) is 5.75 Å². The highest BCUT2D eigenvalue weighted by molar-refractivity contribution is 6.36. The number of aromatic nitrogens is 1. The molecule has 0 radical (unpaired) electrons. The summed E-state index contributed by atoms with van der Waals surface area (Å²) in [5.74, 6) is -0.552. The number of pyridine rings is 1. The first kappa shape index (κ1) is 15.5. The number of ether oxygens (including phenoxy) is 1. The summed E-state index contributed by atoms with van der Waals surface area (Å²) in [6, 6.07) is 8.62. The third-order valence-electron chi connectivity index (χ3n) is 3.64. The molecule has 0 unspecified atom stereocenters. The lowest BCUT2D eigenvalue weighted by atomic mass is 9.84. The van der Waals surface area contributed by atoms with Gasteiger partial charge in [-0.25, -0.2) is 0 Å². The molecule has 0 aliphatic carbocycles. The van der Waals surface area contributed by atoms with Gasteiger partial charge in [0.15, 0.2) is 0 Å². The standard InChI is InChI=1S/C16H11Cl2N3O2/c1-7-5-11-14(16(22)21-7)12(8(6-19)15(20)23-11)13-9(17)3-2-4-10(13)18/h2-5,12H,20H2,1H3,(H,21,22)/t12-/m1/s1. The van der Waals surface area contributed by atoms with Crippen molar-refractivity contribution in [3.63, 3.8) is 0 Å². The fraction of sp³-hybridized carbons (Fsp3) is 0.125. The first-order chi connectivity index (χ1) is 10.9. The Labute approximate surface area is 141 Å². The van der Waals surface area contributed by atoms with Crippen LogP contribution in [0.4, 0.5) is 0 Å². The van der Waals surface area contributed by atoms with Gasteiger partial charge in [-0.3, -0.25) is 4.79 Å². The number of allylic oxidation sites excluding steroid dienone is 1. The number of hydrogen-bond acceptors (Lipinski definition) is 4. The van der Waals surface area contributed by atoms with Crippen LogP contribution in [0, 0.1) is 18.3 Å². The Morgan fingerprint density at radius 1 is 1.30 bits per heavy atom. The monoisotopic (exact) mass is 347 g/mol. The Kier molecular flexibility index (Phi) is 3.80. The molecule has 0 saturated heterocycles. The molecule has 0 spiro atoms. The average molecular weight is 348 g/mol. The number of halogens is 2. The molecule has 7 heteroatoms. The molecule has 0 fully saturated rings. The van der Waals surface area contributed by atoms with Gasteiger partial charge in [0.1, 0.15) is 17.4 Å². The maximum Gasteiger partial charge on any atom is 0.256 e. The molecule has 1 aromatic heterocycles. The number of hydrogen-bond donors (Lipinski definition) is 2. The summed E-state index contributed by atoms with van der Waals surface area (Å²) in [4.78, 5) is 15.2. The zero-order valence-electron chi connectivity index (χ0n) is 12.0. The first-order valence-electron chi connectivity index (χ1n) is 6.69. The number of fused-ring (bicyclic) bond motifs is 1. The van der Waals surface area contributed by atoms with Crippen LogP contribution in [-0.2, 0) is 0 Å². The number of nitrogens with zero attached hydrogens (tertiary/aromatic N) is 1. The highest BCUT2D eigenvalue weighted by Gasteiger charge is 2.35. The van der Waals surface area contributed by atoms with Crippen molar-refractivity contribution in [2.75, 3.05) is 0 Å². The molecule has 116 valence electrons. The lowest BCUT2D eigenvalue weighted by Crippen LogP contribution is -2.28. The number of H-pyrrole nitrogens is 1. The molecule has 3 N–H and O–H groups in total. The second kappa shape index (κ2) is 5.65. The number of aromatic amines is 1. The van der Waals surface area contributed by atoms with E-state index in [0.717, 1.165) is 0 Å². The number of benzene rings is 1. The van der Waals surface area contributed by atoms with E-state index in [1.807, 2.05) is 6.07 Å². The summed E-state index contributed by atoms with van der Waals surface area (Å²) in [6.45, 7) is 1.72. The molecule has 3 rings (SSSR count). The molecule has 1 aliphatic heterocycles. The molecule has 1 atom stereocenters. The SMILES string of the molecule is Cc1cc2c(c(=O)[nH]1)[C@@H](c1c(Cl)cccc1Cl)C(C#N)=C(N)O2. The molecule has 1 aliphatic rings. The van der Waals surface area contributed by atoms with Gasteiger partial charge in [-0.2, -0.15) is 5.26 Å². The molecule has 1 aromatic carbocycles. The first-order valence-corrected chi connectivity index (χ1v) is 7.45. The van der Waals surface area contributed by atoms with E-state index in [1.165, 1.54) is 0 Å². The summed E-state index contributed by atoms with van der Waals surface area (Å²) in [7, 11) is 0. The summed E-state index contributed by atoms with van der Waals surface area (Å²) in [5, 5.41) is 10.2. The second-order valence-electron chi connectivity index (χ2n) is 5.12. The van der Waals surface area contributed by atoms with Crippen LogP contribution < -0.4 is 16.0 Å². The number of nitriles is 1. The summed E-state index contributed by atoms with van der Waals surface area (Å²) < 4.78 is 5.46. The molecule has 0 saturated carbocycles. The highest BCUT2D eigenvalue weighted by Crippen LogP contribution is 2.44. The van der Waals surface area contributed by atoms with Gasteiger partial charge in [0.25, 0.3) is 5.56 Å². The quantitative estimate of drug-likeness (QED) is 0.828. The van der Waals surface area contributed by atoms with Crippen molar-refractivity contribution in [1.29, 1.82) is 5.26 Å². The Hall–Kier alpha value is -2.42. The summed E-state index contributed by atoms with van der Waals surface area (Å²) in [6.07, 6.45) is 0. The highest BCUT2D eigenvalue weighted by atomic mass is 35.5. The van der Waals surface area contributed by atoms with Crippen LogP contribution in [0.25, 0.3) is 0 Å². The number of rotatable bonds is 1. The van der Waals surface area contributed by atoms with Crippen molar-refractivity contribution in [2.24, 2.45) is 5.73 Å². The molecule has 2 heterocycles. The van der Waals surface area contributed by atoms with E-state index >= 15 is 0 Å². The Morgan fingerprint density at radius 3 is 2.57 bits per heavy atom. The number of nitrogens with two attached hydrogens (primary N) is 1. The van der Waals surface area contributed by atoms with E-state index in [1.54, 1.807) is 31.2 Å². The fourth-order valence-corrected chi connectivity index (χ4v) is 3.30. The van der Waals surface area contributed by atoms with Crippen LogP contribution >= 0.6 is 23.2 Å². The molecule has 0 amide bonds. The lowest BCUT2D eigenvalue weighted by Gasteiger charge is -2.26. The normalized spacial score (nSPS) is 16.5. The number of aryl methyl sites for hydroxylation is 1. The van der Waals surface area contributed by atoms with Gasteiger partial charge in [0.2, 0.25) is 5.88 Å². The van der Waals surface area contributed by atoms with E-state index in [-0.39, 0.29) is 22.6 Å². The average Bonchev–Trinajstić information content (AvgIpc) is 2.46. The zero-order valence-corrected chi connectivity index (χ0v) is 13.5. The molecule has 23 heavy (non-hydrogen) atoms. The lowest BCUT2D eigenvalue weighted by molar-refractivity contribution is 0.391. The van der Waals surface area contributed by atoms with Crippen LogP contribution in [0.3, 0.4) is 0 Å². The van der Waals surface area contributed by atoms with Crippen molar-refractivity contribution >= 4 is 23.2 Å². The Balaban J connectivity index is 2.40. The van der Waals surface area contributed by atoms with Gasteiger partial charge in [-0.15, -0.1) is 0 Å². The largest absolute Gasteiger partial charge is 0.440 e. The van der Waals surface area contributed by atoms with E-state index < -0.39 is 5.92 Å². The Morgan fingerprint density at radius 2 is 1.96 bits per heavy atom. The van der Waals surface area contributed by atoms with Crippen molar-refractivity contribution in [1.82, 2.24) is 4.98 Å². The number of nitrogens with one attached hydrogen (secondary N) is 1. The molecule has 0 bridgehead atoms. The van der Waals surface area contributed by atoms with Gasteiger partial charge in [-0.1, -0.05) is 29.3 Å². The van der Waals surface area contributed by atoms with Crippen LogP contribution in [-0.4, -0.2) is 4.98 Å². The topological polar surface area (TPSA) is 91.9 Å². The third-order valence-corrected chi connectivity index (χ3v) is 4.30. The van der Waals surface area contributed by atoms with Gasteiger partial charge in [0, 0.05) is 27.4 Å². The maximum absolute atomic E-state index is 12.5. The van der Waals surface area contributed by atoms with Gasteiger partial charge in [-0.05, 0) is 19.1 Å². The Bertz CT molecular complexity index is 921. The fourth-order valence-electron chi connectivity index (χ4n) is 2.68. The smallest absolute Gasteiger partial charge is 0.256 e. The van der Waals surface area contributed by atoms with Crippen LogP contribution in [0.2, 0.25) is 10.0 Å². The minimum Gasteiger partial charge on any atom is -0.440 e. The molecule has 2 aromatic rings. The second-order valence-corrected chi connectivity index (χ2v) is 5.93. The van der Waals surface area contributed by atoms with Gasteiger partial charge in [0.05, 0.1) is 11.5 Å². The van der Waals surface area contributed by atoms with E-state index in [4.69, 9.17) is 33.7 Å². The summed E-state index contributed by atoms with van der Waals surface area (Å²) in [5.41, 5.74) is 6.92. The van der Waals surface area contributed by atoms with Crippen LogP contribution in [0.15, 0.2) is 40.5 Å². The molecular weight excluding hydrogens is 337 g/mol. The summed E-state index contributed by atoms with van der Waals surface area (Å²) >= 11 is 12.5. The third kappa shape index (κ3) is 2.46. The van der Waals surface area contributed by atoms with Crippen molar-refractivity contribution in [3.8, 4) is 11.8 Å². The van der Waals surface area contributed by atoms with E-state index in [9.17, 15) is 10.1 Å². The predicted octanol–water partition coefficient (Wildman–Crippen LogP) is 3.21. The molecular formula is C16H11Cl2N3O2. The molecule has 5 nitrogen and oxygen atoms in total. The van der Waals surface area contributed by atoms with E-state index in [2.05, 4.69) is 4.98 Å². The van der Waals surface area contributed by atoms with Crippen molar-refractivity contribution < 1.29 is 4.74 Å². The zero-order chi connectivity index (χ0) is 16.7. The van der Waals surface area contributed by atoms with Crippen molar-refractivity contribution in [3.05, 3.63) is 72.9 Å². The van der Waals surface area contributed by atoms with E-state index in [0.29, 0.717) is 27.1 Å². The maximum atomic E-state index is 12.5. The van der Waals surface area contributed by atoms with Crippen LogP contribution in [0.1, 0.15) is 22.7 Å². The minimum absolute atomic E-state index is 0.0639. The predicted molar refractivity (Wildman–Crippen MR) is 87.6 cm³/mol. The minimum atomic E-state index is -0.783. The van der Waals surface area contributed by atoms with Gasteiger partial charge >= 0.3 is 0 Å². The van der Waals surface area contributed by atoms with Gasteiger partial charge < -0.3 is 15.5 Å².